The molecule has 136 valence electrons. The molecule has 0 saturated carbocycles. The van der Waals surface area contributed by atoms with Crippen LogP contribution in [0, 0.1) is 0 Å². The van der Waals surface area contributed by atoms with Gasteiger partial charge in [-0.05, 0) is 48.7 Å². The van der Waals surface area contributed by atoms with Gasteiger partial charge in [-0.25, -0.2) is 0 Å². The van der Waals surface area contributed by atoms with E-state index in [2.05, 4.69) is 20.8 Å². The van der Waals surface area contributed by atoms with Gasteiger partial charge in [0, 0.05) is 4.47 Å². The van der Waals surface area contributed by atoms with Gasteiger partial charge in [0.05, 0.1) is 6.04 Å². The summed E-state index contributed by atoms with van der Waals surface area (Å²) in [6.45, 7) is 0.970. The number of fused-ring (bicyclic) bond motifs is 1. The second kappa shape index (κ2) is 7.29. The van der Waals surface area contributed by atoms with E-state index in [0.29, 0.717) is 12.2 Å². The third kappa shape index (κ3) is 3.19. The standard InChI is InChI=1S/C20H20BrNO4/c21-15-6-2-1-5-14(15)19(22-10-4-3-7-16(22)20(23)24)13-8-9-17-18(11-13)26-12-25-17/h1-2,5-6,8-9,11,16,19H,3-4,7,10,12H2,(H,23,24). The van der Waals surface area contributed by atoms with Gasteiger partial charge in [0.1, 0.15) is 6.04 Å². The van der Waals surface area contributed by atoms with Crippen molar-refractivity contribution in [2.45, 2.75) is 31.3 Å². The van der Waals surface area contributed by atoms with Crippen LogP contribution in [0.3, 0.4) is 0 Å². The summed E-state index contributed by atoms with van der Waals surface area (Å²) >= 11 is 3.65. The van der Waals surface area contributed by atoms with Gasteiger partial charge in [-0.2, -0.15) is 0 Å². The Hall–Kier alpha value is -2.05. The van der Waals surface area contributed by atoms with Crippen molar-refractivity contribution in [1.82, 2.24) is 4.90 Å². The van der Waals surface area contributed by atoms with Gasteiger partial charge >= 0.3 is 5.97 Å². The fourth-order valence-corrected chi connectivity index (χ4v) is 4.36. The molecule has 4 rings (SSSR count). The number of rotatable bonds is 4. The number of benzene rings is 2. The first-order valence-corrected chi connectivity index (χ1v) is 9.57. The van der Waals surface area contributed by atoms with Gasteiger partial charge in [-0.1, -0.05) is 46.6 Å². The zero-order valence-electron chi connectivity index (χ0n) is 14.2. The van der Waals surface area contributed by atoms with E-state index >= 15 is 0 Å². The average Bonchev–Trinajstić information content (AvgIpc) is 3.12. The summed E-state index contributed by atoms with van der Waals surface area (Å²) < 4.78 is 11.9. The molecule has 2 aliphatic rings. The average molecular weight is 418 g/mol. The summed E-state index contributed by atoms with van der Waals surface area (Å²) in [7, 11) is 0. The van der Waals surface area contributed by atoms with Crippen LogP contribution in [0.2, 0.25) is 0 Å². The molecule has 0 bridgehead atoms. The Bertz CT molecular complexity index is 825. The fraction of sp³-hybridized carbons (Fsp3) is 0.350. The van der Waals surface area contributed by atoms with E-state index in [1.807, 2.05) is 42.5 Å². The Morgan fingerprint density at radius 1 is 1.15 bits per heavy atom. The summed E-state index contributed by atoms with van der Waals surface area (Å²) in [6, 6.07) is 13.2. The first kappa shape index (κ1) is 17.4. The Morgan fingerprint density at radius 2 is 1.96 bits per heavy atom. The van der Waals surface area contributed by atoms with Crippen molar-refractivity contribution in [2.24, 2.45) is 0 Å². The summed E-state index contributed by atoms with van der Waals surface area (Å²) in [5.74, 6) is 0.680. The third-order valence-corrected chi connectivity index (χ3v) is 5.80. The molecule has 2 aromatic rings. The first-order valence-electron chi connectivity index (χ1n) is 8.77. The number of hydrogen-bond acceptors (Lipinski definition) is 4. The Balaban J connectivity index is 1.82. The molecule has 5 nitrogen and oxygen atoms in total. The van der Waals surface area contributed by atoms with E-state index in [4.69, 9.17) is 9.47 Å². The fourth-order valence-electron chi connectivity index (χ4n) is 3.86. The summed E-state index contributed by atoms with van der Waals surface area (Å²) in [6.07, 6.45) is 2.60. The second-order valence-corrected chi connectivity index (χ2v) is 7.48. The number of nitrogens with zero attached hydrogens (tertiary/aromatic N) is 1. The predicted molar refractivity (Wildman–Crippen MR) is 101 cm³/mol. The van der Waals surface area contributed by atoms with Gasteiger partial charge < -0.3 is 14.6 Å². The smallest absolute Gasteiger partial charge is 0.320 e. The molecule has 0 spiro atoms. The van der Waals surface area contributed by atoms with Gasteiger partial charge in [0.15, 0.2) is 11.5 Å². The topological polar surface area (TPSA) is 59.0 Å². The predicted octanol–water partition coefficient (Wildman–Crippen LogP) is 4.21. The number of carbonyl (C=O) groups is 1. The van der Waals surface area contributed by atoms with Crippen LogP contribution in [-0.4, -0.2) is 35.4 Å². The van der Waals surface area contributed by atoms with Crippen molar-refractivity contribution in [3.8, 4) is 11.5 Å². The molecular weight excluding hydrogens is 398 g/mol. The molecule has 0 radical (unpaired) electrons. The van der Waals surface area contributed by atoms with Crippen LogP contribution in [0.25, 0.3) is 0 Å². The highest BCUT2D eigenvalue weighted by atomic mass is 79.9. The number of carboxylic acid groups (broad SMARTS) is 1. The maximum Gasteiger partial charge on any atom is 0.320 e. The van der Waals surface area contributed by atoms with Crippen LogP contribution in [0.15, 0.2) is 46.9 Å². The molecular formula is C20H20BrNO4. The van der Waals surface area contributed by atoms with E-state index in [-0.39, 0.29) is 12.8 Å². The minimum atomic E-state index is -0.762. The van der Waals surface area contributed by atoms with Crippen LogP contribution in [0.1, 0.15) is 36.4 Å². The van der Waals surface area contributed by atoms with E-state index in [0.717, 1.165) is 40.7 Å². The highest BCUT2D eigenvalue weighted by molar-refractivity contribution is 9.10. The van der Waals surface area contributed by atoms with Crippen molar-refractivity contribution in [3.05, 3.63) is 58.1 Å². The molecule has 1 saturated heterocycles. The van der Waals surface area contributed by atoms with E-state index in [1.165, 1.54) is 0 Å². The number of likely N-dealkylation sites (tertiary alicyclic amines) is 1. The molecule has 2 unspecified atom stereocenters. The van der Waals surface area contributed by atoms with E-state index < -0.39 is 12.0 Å². The molecule has 2 aliphatic heterocycles. The molecule has 0 aliphatic carbocycles. The van der Waals surface area contributed by atoms with Crippen LogP contribution < -0.4 is 9.47 Å². The second-order valence-electron chi connectivity index (χ2n) is 6.62. The van der Waals surface area contributed by atoms with Crippen molar-refractivity contribution in [1.29, 1.82) is 0 Å². The lowest BCUT2D eigenvalue weighted by Crippen LogP contribution is -2.46. The lowest BCUT2D eigenvalue weighted by molar-refractivity contribution is -0.145. The van der Waals surface area contributed by atoms with Gasteiger partial charge in [0.2, 0.25) is 6.79 Å². The number of piperidine rings is 1. The summed E-state index contributed by atoms with van der Waals surface area (Å²) in [4.78, 5) is 14.0. The van der Waals surface area contributed by atoms with E-state index in [1.54, 1.807) is 0 Å². The van der Waals surface area contributed by atoms with Crippen LogP contribution >= 0.6 is 15.9 Å². The third-order valence-electron chi connectivity index (χ3n) is 5.07. The highest BCUT2D eigenvalue weighted by Crippen LogP contribution is 2.41. The van der Waals surface area contributed by atoms with Gasteiger partial charge in [-0.15, -0.1) is 0 Å². The molecule has 1 N–H and O–H groups in total. The molecule has 0 amide bonds. The number of aliphatic carboxylic acids is 1. The van der Waals surface area contributed by atoms with Crippen LogP contribution in [0.4, 0.5) is 0 Å². The largest absolute Gasteiger partial charge is 0.480 e. The molecule has 6 heteroatoms. The van der Waals surface area contributed by atoms with Crippen molar-refractivity contribution >= 4 is 21.9 Å². The van der Waals surface area contributed by atoms with Crippen LogP contribution in [0.5, 0.6) is 11.5 Å². The lowest BCUT2D eigenvalue weighted by Gasteiger charge is -2.40. The minimum Gasteiger partial charge on any atom is -0.480 e. The van der Waals surface area contributed by atoms with Crippen molar-refractivity contribution in [3.63, 3.8) is 0 Å². The van der Waals surface area contributed by atoms with Crippen molar-refractivity contribution < 1.29 is 19.4 Å². The number of ether oxygens (including phenoxy) is 2. The van der Waals surface area contributed by atoms with Gasteiger partial charge in [-0.3, -0.25) is 9.69 Å². The Morgan fingerprint density at radius 3 is 2.77 bits per heavy atom. The minimum absolute atomic E-state index is 0.165. The maximum atomic E-state index is 11.9. The van der Waals surface area contributed by atoms with Crippen molar-refractivity contribution in [2.75, 3.05) is 13.3 Å². The number of hydrogen-bond donors (Lipinski definition) is 1. The first-order chi connectivity index (χ1) is 12.6. The quantitative estimate of drug-likeness (QED) is 0.807. The molecule has 2 atom stereocenters. The SMILES string of the molecule is O=C(O)C1CCCCN1C(c1ccc2c(c1)OCO2)c1ccccc1Br. The summed E-state index contributed by atoms with van der Waals surface area (Å²) in [5.41, 5.74) is 2.06. The highest BCUT2D eigenvalue weighted by Gasteiger charge is 2.36. The summed E-state index contributed by atoms with van der Waals surface area (Å²) in [5, 5.41) is 9.78. The molecule has 0 aromatic heterocycles. The zero-order chi connectivity index (χ0) is 18.1. The monoisotopic (exact) mass is 417 g/mol. The molecule has 26 heavy (non-hydrogen) atoms. The van der Waals surface area contributed by atoms with Crippen LogP contribution in [-0.2, 0) is 4.79 Å². The molecule has 2 heterocycles. The number of halogens is 1. The van der Waals surface area contributed by atoms with Gasteiger partial charge in [0.25, 0.3) is 0 Å². The van der Waals surface area contributed by atoms with E-state index in [9.17, 15) is 9.90 Å². The Labute approximate surface area is 160 Å². The Kier molecular flexibility index (Phi) is 4.87. The zero-order valence-corrected chi connectivity index (χ0v) is 15.8. The maximum absolute atomic E-state index is 11.9. The normalized spacial score (nSPS) is 20.7. The number of carboxylic acids is 1. The molecule has 1 fully saturated rings. The molecule has 2 aromatic carbocycles. The lowest BCUT2D eigenvalue weighted by atomic mass is 9.91.